The Kier molecular flexibility index (Phi) is 5.60. The van der Waals surface area contributed by atoms with Crippen molar-refractivity contribution in [1.82, 2.24) is 15.3 Å². The van der Waals surface area contributed by atoms with Crippen LogP contribution in [-0.2, 0) is 11.2 Å². The molecule has 0 saturated carbocycles. The fraction of sp³-hybridized carbons (Fsp3) is 0.421. The fourth-order valence-electron chi connectivity index (χ4n) is 3.14. The first-order valence-electron chi connectivity index (χ1n) is 8.70. The van der Waals surface area contributed by atoms with Crippen LogP contribution in [0.15, 0.2) is 48.8 Å². The first-order chi connectivity index (χ1) is 12.1. The van der Waals surface area contributed by atoms with Crippen LogP contribution in [0.25, 0.3) is 0 Å². The number of carbonyl (C=O) groups is 1. The van der Waals surface area contributed by atoms with Crippen LogP contribution in [-0.4, -0.2) is 46.2 Å². The Morgan fingerprint density at radius 1 is 1.20 bits per heavy atom. The van der Waals surface area contributed by atoms with Gasteiger partial charge >= 0.3 is 0 Å². The summed E-state index contributed by atoms with van der Waals surface area (Å²) in [6, 6.07) is 11.7. The molecule has 2 heterocycles. The summed E-state index contributed by atoms with van der Waals surface area (Å²) in [6.45, 7) is 1.49. The lowest BCUT2D eigenvalue weighted by Gasteiger charge is -2.39. The van der Waals surface area contributed by atoms with Gasteiger partial charge in [-0.2, -0.15) is 0 Å². The first kappa shape index (κ1) is 17.4. The Hall–Kier alpha value is -2.47. The highest BCUT2D eigenvalue weighted by atomic mass is 16.3. The molecule has 2 aromatic rings. The second kappa shape index (κ2) is 8.07. The van der Waals surface area contributed by atoms with Gasteiger partial charge in [-0.05, 0) is 30.9 Å². The molecule has 6 nitrogen and oxygen atoms in total. The number of nitrogens with zero attached hydrogens (tertiary/aromatic N) is 3. The van der Waals surface area contributed by atoms with Gasteiger partial charge in [-0.3, -0.25) is 4.79 Å². The second-order valence-corrected chi connectivity index (χ2v) is 6.56. The molecule has 0 spiro atoms. The fourth-order valence-corrected chi connectivity index (χ4v) is 3.14. The number of piperidine rings is 1. The predicted molar refractivity (Wildman–Crippen MR) is 96.2 cm³/mol. The molecule has 1 aromatic carbocycles. The molecule has 1 aliphatic heterocycles. The molecule has 1 atom stereocenters. The number of benzene rings is 1. The smallest absolute Gasteiger partial charge is 0.225 e. The minimum Gasteiger partial charge on any atom is -0.386 e. The molecule has 6 heteroatoms. The molecule has 25 heavy (non-hydrogen) atoms. The van der Waals surface area contributed by atoms with E-state index in [1.807, 2.05) is 35.2 Å². The Balaban J connectivity index is 1.48. The number of amides is 1. The average Bonchev–Trinajstić information content (AvgIpc) is 2.66. The van der Waals surface area contributed by atoms with Gasteiger partial charge in [-0.15, -0.1) is 0 Å². The zero-order chi connectivity index (χ0) is 17.5. The van der Waals surface area contributed by atoms with E-state index in [9.17, 15) is 9.90 Å². The Morgan fingerprint density at radius 3 is 2.72 bits per heavy atom. The van der Waals surface area contributed by atoms with Gasteiger partial charge in [0.15, 0.2) is 0 Å². The largest absolute Gasteiger partial charge is 0.386 e. The van der Waals surface area contributed by atoms with Gasteiger partial charge in [-0.1, -0.05) is 30.3 Å². The number of rotatable bonds is 6. The van der Waals surface area contributed by atoms with E-state index in [4.69, 9.17) is 0 Å². The van der Waals surface area contributed by atoms with Crippen LogP contribution in [0.5, 0.6) is 0 Å². The molecule has 1 aliphatic rings. The number of aliphatic hydroxyl groups is 1. The maximum atomic E-state index is 12.1. The predicted octanol–water partition coefficient (Wildman–Crippen LogP) is 1.56. The summed E-state index contributed by atoms with van der Waals surface area (Å²) in [7, 11) is 0. The summed E-state index contributed by atoms with van der Waals surface area (Å²) in [4.78, 5) is 22.5. The SMILES string of the molecule is O=C(CCc1ccccc1)NC[C@@]1(O)CCCN(c2ncccn2)C1. The molecule has 0 bridgehead atoms. The third-order valence-electron chi connectivity index (χ3n) is 4.49. The summed E-state index contributed by atoms with van der Waals surface area (Å²) < 4.78 is 0. The maximum absolute atomic E-state index is 12.1. The Labute approximate surface area is 147 Å². The van der Waals surface area contributed by atoms with E-state index >= 15 is 0 Å². The van der Waals surface area contributed by atoms with Crippen molar-refractivity contribution in [1.29, 1.82) is 0 Å². The van der Waals surface area contributed by atoms with Gasteiger partial charge < -0.3 is 15.3 Å². The minimum absolute atomic E-state index is 0.0367. The molecule has 0 aliphatic carbocycles. The number of anilines is 1. The van der Waals surface area contributed by atoms with Crippen LogP contribution in [0.4, 0.5) is 5.95 Å². The van der Waals surface area contributed by atoms with Crippen molar-refractivity contribution in [2.24, 2.45) is 0 Å². The zero-order valence-electron chi connectivity index (χ0n) is 14.3. The van der Waals surface area contributed by atoms with Gasteiger partial charge in [0.05, 0.1) is 12.1 Å². The topological polar surface area (TPSA) is 78.4 Å². The van der Waals surface area contributed by atoms with Crippen molar-refractivity contribution in [3.05, 3.63) is 54.4 Å². The van der Waals surface area contributed by atoms with E-state index < -0.39 is 5.60 Å². The Bertz CT molecular complexity index is 680. The molecule has 1 amide bonds. The number of aromatic nitrogens is 2. The van der Waals surface area contributed by atoms with Gasteiger partial charge in [0.2, 0.25) is 11.9 Å². The summed E-state index contributed by atoms with van der Waals surface area (Å²) in [6.07, 6.45) is 6.02. The monoisotopic (exact) mass is 340 g/mol. The summed E-state index contributed by atoms with van der Waals surface area (Å²) in [5.41, 5.74) is 0.196. The Morgan fingerprint density at radius 2 is 1.96 bits per heavy atom. The van der Waals surface area contributed by atoms with Crippen LogP contribution >= 0.6 is 0 Å². The number of hydrogen-bond acceptors (Lipinski definition) is 5. The molecule has 0 radical (unpaired) electrons. The molecule has 2 N–H and O–H groups in total. The molecule has 3 rings (SSSR count). The summed E-state index contributed by atoms with van der Waals surface area (Å²) in [5.74, 6) is 0.585. The van der Waals surface area contributed by atoms with Gasteiger partial charge in [0.25, 0.3) is 0 Å². The quantitative estimate of drug-likeness (QED) is 0.834. The van der Waals surface area contributed by atoms with Crippen LogP contribution < -0.4 is 10.2 Å². The number of nitrogens with one attached hydrogen (secondary N) is 1. The third kappa shape index (κ3) is 5.00. The van der Waals surface area contributed by atoms with Gasteiger partial charge in [-0.25, -0.2) is 9.97 Å². The summed E-state index contributed by atoms with van der Waals surface area (Å²) >= 11 is 0. The molecule has 1 fully saturated rings. The number of carbonyl (C=O) groups excluding carboxylic acids is 1. The number of β-amino-alcohol motifs (C(OH)–C–C–N with tert-alkyl or cyclic N) is 1. The molecule has 1 saturated heterocycles. The second-order valence-electron chi connectivity index (χ2n) is 6.56. The van der Waals surface area contributed by atoms with Crippen molar-refractivity contribution >= 4 is 11.9 Å². The highest BCUT2D eigenvalue weighted by Gasteiger charge is 2.34. The highest BCUT2D eigenvalue weighted by Crippen LogP contribution is 2.23. The lowest BCUT2D eigenvalue weighted by atomic mass is 9.93. The van der Waals surface area contributed by atoms with E-state index in [1.165, 1.54) is 0 Å². The summed E-state index contributed by atoms with van der Waals surface area (Å²) in [5, 5.41) is 13.7. The van der Waals surface area contributed by atoms with Crippen molar-refractivity contribution in [3.63, 3.8) is 0 Å². The van der Waals surface area contributed by atoms with Gasteiger partial charge in [0, 0.05) is 31.9 Å². The first-order valence-corrected chi connectivity index (χ1v) is 8.70. The highest BCUT2D eigenvalue weighted by molar-refractivity contribution is 5.76. The standard InChI is InChI=1S/C19H24N4O2/c24-17(9-8-16-6-2-1-3-7-16)22-14-19(25)10-4-13-23(15-19)18-20-11-5-12-21-18/h1-3,5-7,11-12,25H,4,8-10,13-15H2,(H,22,24)/t19-/m0/s1. The van der Waals surface area contributed by atoms with Gasteiger partial charge in [0.1, 0.15) is 0 Å². The van der Waals surface area contributed by atoms with Crippen molar-refractivity contribution in [3.8, 4) is 0 Å². The van der Waals surface area contributed by atoms with Crippen LogP contribution in [0, 0.1) is 0 Å². The lowest BCUT2D eigenvalue weighted by Crippen LogP contribution is -2.54. The van der Waals surface area contributed by atoms with Crippen LogP contribution in [0.1, 0.15) is 24.8 Å². The van der Waals surface area contributed by atoms with E-state index in [0.717, 1.165) is 18.5 Å². The van der Waals surface area contributed by atoms with Crippen molar-refractivity contribution < 1.29 is 9.90 Å². The molecule has 1 aromatic heterocycles. The maximum Gasteiger partial charge on any atom is 0.225 e. The lowest BCUT2D eigenvalue weighted by molar-refractivity contribution is -0.122. The number of hydrogen-bond donors (Lipinski definition) is 2. The zero-order valence-corrected chi connectivity index (χ0v) is 14.3. The van der Waals surface area contributed by atoms with E-state index in [1.54, 1.807) is 18.5 Å². The van der Waals surface area contributed by atoms with E-state index in [0.29, 0.717) is 31.8 Å². The molecular formula is C19H24N4O2. The van der Waals surface area contributed by atoms with Crippen molar-refractivity contribution in [2.45, 2.75) is 31.3 Å². The van der Waals surface area contributed by atoms with E-state index in [2.05, 4.69) is 15.3 Å². The number of aryl methyl sites for hydroxylation is 1. The molecule has 0 unspecified atom stereocenters. The van der Waals surface area contributed by atoms with Crippen LogP contribution in [0.2, 0.25) is 0 Å². The molecular weight excluding hydrogens is 316 g/mol. The normalized spacial score (nSPS) is 20.3. The van der Waals surface area contributed by atoms with E-state index in [-0.39, 0.29) is 12.5 Å². The average molecular weight is 340 g/mol. The van der Waals surface area contributed by atoms with Crippen LogP contribution in [0.3, 0.4) is 0 Å². The minimum atomic E-state index is -0.945. The van der Waals surface area contributed by atoms with Crippen molar-refractivity contribution in [2.75, 3.05) is 24.5 Å². The third-order valence-corrected chi connectivity index (χ3v) is 4.49. The molecule has 132 valence electrons.